The van der Waals surface area contributed by atoms with E-state index in [1.54, 1.807) is 0 Å². The Labute approximate surface area is 79.0 Å². The number of carbonyl (C=O) groups is 1. The van der Waals surface area contributed by atoms with E-state index in [-0.39, 0.29) is 12.3 Å². The molecule has 0 radical (unpaired) electrons. The van der Waals surface area contributed by atoms with Gasteiger partial charge in [-0.15, -0.1) is 0 Å². The number of carbonyl (C=O) groups excluding carboxylic acids is 1. The Morgan fingerprint density at radius 2 is 1.92 bits per heavy atom. The Balaban J connectivity index is 2.93. The van der Waals surface area contributed by atoms with Crippen LogP contribution in [-0.2, 0) is 4.79 Å². The molecule has 0 aliphatic rings. The topological polar surface area (TPSA) is 29.1 Å². The van der Waals surface area contributed by atoms with Crippen molar-refractivity contribution < 1.29 is 4.79 Å². The second-order valence-corrected chi connectivity index (χ2v) is 3.06. The fourth-order valence-electron chi connectivity index (χ4n) is 1.21. The highest BCUT2D eigenvalue weighted by Crippen LogP contribution is 2.19. The molecule has 0 atom stereocenters. The molecule has 0 aliphatic heterocycles. The van der Waals surface area contributed by atoms with Crippen LogP contribution in [-0.4, -0.2) is 5.91 Å². The van der Waals surface area contributed by atoms with Crippen molar-refractivity contribution in [3.63, 3.8) is 0 Å². The molecular weight excluding hydrogens is 162 g/mol. The molecule has 68 valence electrons. The molecule has 0 aliphatic carbocycles. The molecule has 0 fully saturated rings. The number of para-hydroxylation sites is 1. The molecule has 2 nitrogen and oxygen atoms in total. The van der Waals surface area contributed by atoms with Crippen molar-refractivity contribution in [3.05, 3.63) is 36.2 Å². The molecule has 13 heavy (non-hydrogen) atoms. The lowest BCUT2D eigenvalue weighted by Crippen LogP contribution is -2.11. The SMILES string of the molecule is [CH2+]CC(=O)Nc1c(C)cccc1C. The number of aryl methyl sites for hydroxylation is 2. The molecule has 1 N–H and O–H groups in total. The van der Waals surface area contributed by atoms with E-state index < -0.39 is 0 Å². The first-order valence-corrected chi connectivity index (χ1v) is 4.30. The Bertz CT molecular complexity index is 298. The standard InChI is InChI=1S/C11H13NO/c1-4-10(13)12-11-8(2)6-5-7-9(11)3/h5-7H,1,4H2,2-3H3/p+1. The molecule has 1 rings (SSSR count). The van der Waals surface area contributed by atoms with Crippen LogP contribution in [0.5, 0.6) is 0 Å². The van der Waals surface area contributed by atoms with E-state index in [1.165, 1.54) is 0 Å². The molecule has 0 saturated heterocycles. The van der Waals surface area contributed by atoms with Crippen LogP contribution < -0.4 is 5.32 Å². The van der Waals surface area contributed by atoms with Gasteiger partial charge in [0.25, 0.3) is 5.91 Å². The van der Waals surface area contributed by atoms with Gasteiger partial charge in [-0.25, -0.2) is 0 Å². The van der Waals surface area contributed by atoms with Crippen molar-refractivity contribution in [2.75, 3.05) is 5.32 Å². The van der Waals surface area contributed by atoms with Gasteiger partial charge in [-0.2, -0.15) is 0 Å². The summed E-state index contributed by atoms with van der Waals surface area (Å²) in [4.78, 5) is 11.1. The fourth-order valence-corrected chi connectivity index (χ4v) is 1.21. The normalized spacial score (nSPS) is 9.69. The van der Waals surface area contributed by atoms with Gasteiger partial charge in [0.1, 0.15) is 0 Å². The van der Waals surface area contributed by atoms with E-state index in [9.17, 15) is 4.79 Å². The zero-order valence-corrected chi connectivity index (χ0v) is 8.05. The first-order valence-electron chi connectivity index (χ1n) is 4.30. The zero-order chi connectivity index (χ0) is 9.84. The van der Waals surface area contributed by atoms with Crippen molar-refractivity contribution in [2.45, 2.75) is 20.3 Å². The van der Waals surface area contributed by atoms with Gasteiger partial charge in [0.15, 0.2) is 6.42 Å². The summed E-state index contributed by atoms with van der Waals surface area (Å²) in [7, 11) is 0. The molecule has 1 amide bonds. The smallest absolute Gasteiger partial charge is 0.269 e. The van der Waals surface area contributed by atoms with Crippen molar-refractivity contribution in [1.82, 2.24) is 0 Å². The summed E-state index contributed by atoms with van der Waals surface area (Å²) >= 11 is 0. The molecular formula is C11H14NO+. The lowest BCUT2D eigenvalue weighted by molar-refractivity contribution is -0.115. The lowest BCUT2D eigenvalue weighted by atomic mass is 10.1. The molecule has 1 aromatic carbocycles. The first-order chi connectivity index (χ1) is 6.15. The highest BCUT2D eigenvalue weighted by Gasteiger charge is 2.06. The van der Waals surface area contributed by atoms with E-state index in [2.05, 4.69) is 12.2 Å². The zero-order valence-electron chi connectivity index (χ0n) is 8.05. The van der Waals surface area contributed by atoms with Crippen LogP contribution in [0.15, 0.2) is 18.2 Å². The van der Waals surface area contributed by atoms with Gasteiger partial charge in [-0.05, 0) is 25.0 Å². The number of rotatable bonds is 2. The van der Waals surface area contributed by atoms with Gasteiger partial charge in [0.2, 0.25) is 0 Å². The maximum Gasteiger partial charge on any atom is 0.269 e. The number of hydrogen-bond donors (Lipinski definition) is 1. The van der Waals surface area contributed by atoms with Gasteiger partial charge < -0.3 is 5.32 Å². The predicted molar refractivity (Wildman–Crippen MR) is 54.5 cm³/mol. The number of amides is 1. The minimum absolute atomic E-state index is 0.0441. The molecule has 2 heteroatoms. The molecule has 0 aromatic heterocycles. The Morgan fingerprint density at radius 3 is 2.38 bits per heavy atom. The summed E-state index contributed by atoms with van der Waals surface area (Å²) in [5, 5.41) is 2.83. The quantitative estimate of drug-likeness (QED) is 0.689. The first kappa shape index (κ1) is 9.65. The van der Waals surface area contributed by atoms with Gasteiger partial charge in [0.05, 0.1) is 6.92 Å². The minimum Gasteiger partial charge on any atom is -0.322 e. The maximum absolute atomic E-state index is 11.1. The molecule has 0 saturated carbocycles. The Hall–Kier alpha value is -1.44. The summed E-state index contributed by atoms with van der Waals surface area (Å²) < 4.78 is 0. The monoisotopic (exact) mass is 176 g/mol. The summed E-state index contributed by atoms with van der Waals surface area (Å²) in [6.45, 7) is 7.48. The molecule has 1 aromatic rings. The van der Waals surface area contributed by atoms with Crippen molar-refractivity contribution in [1.29, 1.82) is 0 Å². The Kier molecular flexibility index (Phi) is 2.96. The van der Waals surface area contributed by atoms with Crippen LogP contribution >= 0.6 is 0 Å². The van der Waals surface area contributed by atoms with Crippen LogP contribution in [0.2, 0.25) is 0 Å². The van der Waals surface area contributed by atoms with Gasteiger partial charge in [-0.3, -0.25) is 4.79 Å². The number of hydrogen-bond acceptors (Lipinski definition) is 1. The third-order valence-electron chi connectivity index (χ3n) is 1.97. The van der Waals surface area contributed by atoms with Crippen molar-refractivity contribution >= 4 is 11.6 Å². The maximum atomic E-state index is 11.1. The number of benzene rings is 1. The van der Waals surface area contributed by atoms with Crippen LogP contribution in [0.25, 0.3) is 0 Å². The number of anilines is 1. The summed E-state index contributed by atoms with van der Waals surface area (Å²) in [5.74, 6) is -0.0441. The van der Waals surface area contributed by atoms with E-state index in [0.29, 0.717) is 0 Å². The predicted octanol–water partition coefficient (Wildman–Crippen LogP) is 2.47. The highest BCUT2D eigenvalue weighted by atomic mass is 16.1. The molecule has 0 unspecified atom stereocenters. The summed E-state index contributed by atoms with van der Waals surface area (Å²) in [6, 6.07) is 5.93. The van der Waals surface area contributed by atoms with E-state index in [0.717, 1.165) is 16.8 Å². The summed E-state index contributed by atoms with van der Waals surface area (Å²) in [5.41, 5.74) is 3.08. The van der Waals surface area contributed by atoms with Crippen LogP contribution in [0.3, 0.4) is 0 Å². The van der Waals surface area contributed by atoms with Gasteiger partial charge >= 0.3 is 0 Å². The van der Waals surface area contributed by atoms with Gasteiger partial charge in [-0.1, -0.05) is 18.2 Å². The second-order valence-electron chi connectivity index (χ2n) is 3.06. The molecule has 0 spiro atoms. The van der Waals surface area contributed by atoms with E-state index in [1.807, 2.05) is 32.0 Å². The summed E-state index contributed by atoms with van der Waals surface area (Å²) in [6.07, 6.45) is 0.272. The average Bonchev–Trinajstić information content (AvgIpc) is 2.11. The molecule has 0 bridgehead atoms. The fraction of sp³-hybridized carbons (Fsp3) is 0.273. The third kappa shape index (κ3) is 2.25. The second kappa shape index (κ2) is 3.99. The van der Waals surface area contributed by atoms with E-state index >= 15 is 0 Å². The minimum atomic E-state index is -0.0441. The van der Waals surface area contributed by atoms with Crippen LogP contribution in [0.1, 0.15) is 17.5 Å². The van der Waals surface area contributed by atoms with E-state index in [4.69, 9.17) is 0 Å². The Morgan fingerprint density at radius 1 is 1.38 bits per heavy atom. The van der Waals surface area contributed by atoms with Gasteiger partial charge in [0, 0.05) is 5.69 Å². The third-order valence-corrected chi connectivity index (χ3v) is 1.97. The molecule has 0 heterocycles. The van der Waals surface area contributed by atoms with Crippen molar-refractivity contribution in [3.8, 4) is 0 Å². The largest absolute Gasteiger partial charge is 0.322 e. The number of nitrogens with one attached hydrogen (secondary N) is 1. The highest BCUT2D eigenvalue weighted by molar-refractivity contribution is 5.92. The van der Waals surface area contributed by atoms with Crippen LogP contribution in [0, 0.1) is 20.8 Å². The lowest BCUT2D eigenvalue weighted by Gasteiger charge is -2.09. The average molecular weight is 176 g/mol. The van der Waals surface area contributed by atoms with Crippen molar-refractivity contribution in [2.24, 2.45) is 0 Å². The van der Waals surface area contributed by atoms with Crippen LogP contribution in [0.4, 0.5) is 5.69 Å².